The summed E-state index contributed by atoms with van der Waals surface area (Å²) in [6, 6.07) is 10.5. The average Bonchev–Trinajstić information content (AvgIpc) is 3.42. The molecule has 1 atom stereocenters. The van der Waals surface area contributed by atoms with Gasteiger partial charge in [-0.1, -0.05) is 30.3 Å². The molecule has 0 aromatic heterocycles. The first-order chi connectivity index (χ1) is 11.9. The van der Waals surface area contributed by atoms with Crippen LogP contribution in [0.25, 0.3) is 0 Å². The maximum Gasteiger partial charge on any atom is 0.230 e. The summed E-state index contributed by atoms with van der Waals surface area (Å²) < 4.78 is 25.3. The number of hydrogen-bond acceptors (Lipinski definition) is 3. The summed E-state index contributed by atoms with van der Waals surface area (Å²) >= 11 is 0. The van der Waals surface area contributed by atoms with Gasteiger partial charge in [0.15, 0.2) is 0 Å². The Morgan fingerprint density at radius 2 is 1.72 bits per heavy atom. The Morgan fingerprint density at radius 1 is 1.08 bits per heavy atom. The van der Waals surface area contributed by atoms with Gasteiger partial charge in [-0.3, -0.25) is 4.79 Å². The van der Waals surface area contributed by atoms with Crippen molar-refractivity contribution in [3.63, 3.8) is 0 Å². The molecule has 25 heavy (non-hydrogen) atoms. The molecule has 1 saturated carbocycles. The smallest absolute Gasteiger partial charge is 0.230 e. The molecule has 0 bridgehead atoms. The Kier molecular flexibility index (Phi) is 4.15. The van der Waals surface area contributed by atoms with Gasteiger partial charge < -0.3 is 4.90 Å². The number of sulfonamides is 1. The normalized spacial score (nSPS) is 27.6. The van der Waals surface area contributed by atoms with Gasteiger partial charge in [-0.05, 0) is 43.1 Å². The van der Waals surface area contributed by atoms with Crippen LogP contribution >= 0.6 is 0 Å². The Labute approximate surface area is 150 Å². The molecule has 4 rings (SSSR count). The second-order valence-electron chi connectivity index (χ2n) is 8.03. The van der Waals surface area contributed by atoms with E-state index in [9.17, 15) is 13.2 Å². The molecule has 0 N–H and O–H groups in total. The van der Waals surface area contributed by atoms with Crippen molar-refractivity contribution in [3.8, 4) is 0 Å². The molecule has 5 nitrogen and oxygen atoms in total. The van der Waals surface area contributed by atoms with Crippen LogP contribution in [0.15, 0.2) is 30.3 Å². The third-order valence-electron chi connectivity index (χ3n) is 6.17. The van der Waals surface area contributed by atoms with Gasteiger partial charge in [0.2, 0.25) is 15.9 Å². The first-order valence-corrected chi connectivity index (χ1v) is 11.0. The number of carbonyl (C=O) groups is 1. The van der Waals surface area contributed by atoms with E-state index in [0.29, 0.717) is 19.1 Å². The van der Waals surface area contributed by atoms with Gasteiger partial charge in [-0.2, -0.15) is 0 Å². The summed E-state index contributed by atoms with van der Waals surface area (Å²) in [7, 11) is -3.12. The topological polar surface area (TPSA) is 57.7 Å². The van der Waals surface area contributed by atoms with Crippen molar-refractivity contribution in [1.29, 1.82) is 0 Å². The zero-order chi connectivity index (χ0) is 17.7. The van der Waals surface area contributed by atoms with E-state index >= 15 is 0 Å². The van der Waals surface area contributed by atoms with E-state index in [2.05, 4.69) is 17.0 Å². The standard InChI is InChI=1S/C19H26N2O3S/c1-25(23,24)20-11-9-19(10-12-20)13-17(15-5-3-2-4-6-15)18(22)21(14-19)16-7-8-16/h2-6,16-17H,7-14H2,1H3/t17-/m0/s1. The lowest BCUT2D eigenvalue weighted by Gasteiger charge is -2.49. The first-order valence-electron chi connectivity index (χ1n) is 9.19. The van der Waals surface area contributed by atoms with Crippen LogP contribution in [0.2, 0.25) is 0 Å². The van der Waals surface area contributed by atoms with Crippen molar-refractivity contribution in [2.24, 2.45) is 5.41 Å². The van der Waals surface area contributed by atoms with Gasteiger partial charge in [-0.15, -0.1) is 0 Å². The molecular formula is C19H26N2O3S. The van der Waals surface area contributed by atoms with Gasteiger partial charge in [0.25, 0.3) is 0 Å². The summed E-state index contributed by atoms with van der Waals surface area (Å²) in [6.45, 7) is 1.96. The Balaban J connectivity index is 1.60. The number of carbonyl (C=O) groups excluding carboxylic acids is 1. The Hall–Kier alpha value is -1.40. The number of nitrogens with zero attached hydrogens (tertiary/aromatic N) is 2. The van der Waals surface area contributed by atoms with Crippen LogP contribution in [0.1, 0.15) is 43.6 Å². The minimum atomic E-state index is -3.12. The van der Waals surface area contributed by atoms with Crippen molar-refractivity contribution >= 4 is 15.9 Å². The van der Waals surface area contributed by atoms with Crippen LogP contribution in [0.3, 0.4) is 0 Å². The second kappa shape index (κ2) is 6.09. The quantitative estimate of drug-likeness (QED) is 0.828. The molecule has 136 valence electrons. The highest BCUT2D eigenvalue weighted by atomic mass is 32.2. The number of likely N-dealkylation sites (tertiary alicyclic amines) is 1. The predicted molar refractivity (Wildman–Crippen MR) is 96.6 cm³/mol. The van der Waals surface area contributed by atoms with E-state index in [1.165, 1.54) is 6.26 Å². The van der Waals surface area contributed by atoms with Crippen LogP contribution in [-0.2, 0) is 14.8 Å². The monoisotopic (exact) mass is 362 g/mol. The van der Waals surface area contributed by atoms with Gasteiger partial charge >= 0.3 is 0 Å². The molecule has 2 saturated heterocycles. The van der Waals surface area contributed by atoms with E-state index in [-0.39, 0.29) is 17.2 Å². The van der Waals surface area contributed by atoms with Gasteiger partial charge in [0.05, 0.1) is 12.2 Å². The summed E-state index contributed by atoms with van der Waals surface area (Å²) in [5.41, 5.74) is 1.15. The molecule has 1 aromatic carbocycles. The van der Waals surface area contributed by atoms with Gasteiger partial charge in [0.1, 0.15) is 0 Å². The third-order valence-corrected chi connectivity index (χ3v) is 7.47. The summed E-state index contributed by atoms with van der Waals surface area (Å²) in [6.07, 6.45) is 6.05. The predicted octanol–water partition coefficient (Wildman–Crippen LogP) is 2.21. The lowest BCUT2D eigenvalue weighted by atomic mass is 9.68. The number of benzene rings is 1. The molecule has 1 spiro atoms. The summed E-state index contributed by atoms with van der Waals surface area (Å²) in [5.74, 6) is 0.185. The fourth-order valence-electron chi connectivity index (χ4n) is 4.52. The van der Waals surface area contributed by atoms with Crippen molar-refractivity contribution < 1.29 is 13.2 Å². The van der Waals surface area contributed by atoms with Crippen LogP contribution < -0.4 is 0 Å². The number of amides is 1. The maximum absolute atomic E-state index is 13.1. The highest BCUT2D eigenvalue weighted by molar-refractivity contribution is 7.88. The van der Waals surface area contributed by atoms with E-state index in [0.717, 1.165) is 44.2 Å². The fraction of sp³-hybridized carbons (Fsp3) is 0.632. The summed E-state index contributed by atoms with van der Waals surface area (Å²) in [4.78, 5) is 15.2. The molecule has 2 aliphatic heterocycles. The molecular weight excluding hydrogens is 336 g/mol. The van der Waals surface area contributed by atoms with Crippen LogP contribution in [0, 0.1) is 5.41 Å². The lowest BCUT2D eigenvalue weighted by Crippen LogP contribution is -2.55. The fourth-order valence-corrected chi connectivity index (χ4v) is 5.37. The molecule has 3 fully saturated rings. The third kappa shape index (κ3) is 3.34. The van der Waals surface area contributed by atoms with Crippen LogP contribution in [0.4, 0.5) is 0 Å². The van der Waals surface area contributed by atoms with Crippen LogP contribution in [-0.4, -0.2) is 55.5 Å². The SMILES string of the molecule is CS(=O)(=O)N1CCC2(CC1)C[C@@H](c1ccccc1)C(=O)N(C1CC1)C2. The van der Waals surface area contributed by atoms with Crippen molar-refractivity contribution in [2.75, 3.05) is 25.9 Å². The molecule has 1 amide bonds. The van der Waals surface area contributed by atoms with Crippen molar-refractivity contribution in [1.82, 2.24) is 9.21 Å². The minimum Gasteiger partial charge on any atom is -0.339 e. The zero-order valence-electron chi connectivity index (χ0n) is 14.7. The van der Waals surface area contributed by atoms with Gasteiger partial charge in [-0.25, -0.2) is 12.7 Å². The molecule has 0 unspecified atom stereocenters. The van der Waals surface area contributed by atoms with Crippen LogP contribution in [0.5, 0.6) is 0 Å². The highest BCUT2D eigenvalue weighted by Crippen LogP contribution is 2.48. The average molecular weight is 362 g/mol. The molecule has 1 aliphatic carbocycles. The Bertz CT molecular complexity index is 750. The number of hydrogen-bond donors (Lipinski definition) is 0. The maximum atomic E-state index is 13.1. The lowest BCUT2D eigenvalue weighted by molar-refractivity contribution is -0.142. The van der Waals surface area contributed by atoms with Crippen molar-refractivity contribution in [2.45, 2.75) is 44.1 Å². The van der Waals surface area contributed by atoms with Gasteiger partial charge in [0, 0.05) is 25.7 Å². The highest BCUT2D eigenvalue weighted by Gasteiger charge is 2.50. The van der Waals surface area contributed by atoms with E-state index in [1.54, 1.807) is 4.31 Å². The zero-order valence-corrected chi connectivity index (χ0v) is 15.5. The molecule has 3 aliphatic rings. The largest absolute Gasteiger partial charge is 0.339 e. The molecule has 6 heteroatoms. The van der Waals surface area contributed by atoms with E-state index in [1.807, 2.05) is 18.2 Å². The number of rotatable bonds is 3. The minimum absolute atomic E-state index is 0.0538. The second-order valence-corrected chi connectivity index (χ2v) is 10.0. The molecule has 0 radical (unpaired) electrons. The Morgan fingerprint density at radius 3 is 2.28 bits per heavy atom. The number of piperidine rings is 2. The summed E-state index contributed by atoms with van der Waals surface area (Å²) in [5, 5.41) is 0. The van der Waals surface area contributed by atoms with E-state index in [4.69, 9.17) is 0 Å². The molecule has 1 aromatic rings. The first kappa shape index (κ1) is 17.0. The van der Waals surface area contributed by atoms with Crippen molar-refractivity contribution in [3.05, 3.63) is 35.9 Å². The molecule has 2 heterocycles. The van der Waals surface area contributed by atoms with E-state index < -0.39 is 10.0 Å².